The maximum absolute atomic E-state index is 12.1. The van der Waals surface area contributed by atoms with Gasteiger partial charge in [0.05, 0.1) is 11.5 Å². The highest BCUT2D eigenvalue weighted by atomic mass is 32.2. The van der Waals surface area contributed by atoms with Gasteiger partial charge < -0.3 is 10.0 Å². The lowest BCUT2D eigenvalue weighted by Crippen LogP contribution is -2.44. The number of thioether (sulfide) groups is 1. The quantitative estimate of drug-likeness (QED) is 0.758. The summed E-state index contributed by atoms with van der Waals surface area (Å²) >= 11 is 1.18. The van der Waals surface area contributed by atoms with Crippen LogP contribution >= 0.6 is 11.8 Å². The lowest BCUT2D eigenvalue weighted by atomic mass is 10.0. The number of carboxylic acid groups (broad SMARTS) is 1. The lowest BCUT2D eigenvalue weighted by Gasteiger charge is -2.32. The molecule has 1 aliphatic carbocycles. The Hall–Kier alpha value is -0.710. The first-order valence-electron chi connectivity index (χ1n) is 6.04. The van der Waals surface area contributed by atoms with Crippen molar-refractivity contribution in [1.29, 1.82) is 0 Å². The van der Waals surface area contributed by atoms with Crippen LogP contribution in [0.2, 0.25) is 0 Å². The summed E-state index contributed by atoms with van der Waals surface area (Å²) in [5, 5.41) is 8.54. The molecule has 1 aliphatic rings. The van der Waals surface area contributed by atoms with Crippen molar-refractivity contribution in [2.75, 3.05) is 11.5 Å². The van der Waals surface area contributed by atoms with Crippen molar-refractivity contribution in [3.05, 3.63) is 0 Å². The minimum absolute atomic E-state index is 0.000304. The monoisotopic (exact) mass is 259 g/mol. The highest BCUT2D eigenvalue weighted by Gasteiger charge is 2.36. The van der Waals surface area contributed by atoms with Gasteiger partial charge in [-0.2, -0.15) is 0 Å². The van der Waals surface area contributed by atoms with Crippen molar-refractivity contribution in [2.45, 2.75) is 45.7 Å². The Morgan fingerprint density at radius 2 is 1.88 bits per heavy atom. The van der Waals surface area contributed by atoms with Crippen molar-refractivity contribution in [3.8, 4) is 0 Å². The predicted molar refractivity (Wildman–Crippen MR) is 69.1 cm³/mol. The number of aliphatic carboxylic acids is 1. The standard InChI is InChI=1S/C12H21NO3S/c1-8(2)9(3)13(10-4-5-10)11(14)6-17-7-12(15)16/h8-10H,4-7H2,1-3H3,(H,15,16). The molecule has 0 saturated heterocycles. The summed E-state index contributed by atoms with van der Waals surface area (Å²) in [6.45, 7) is 6.29. The highest BCUT2D eigenvalue weighted by Crippen LogP contribution is 2.31. The lowest BCUT2D eigenvalue weighted by molar-refractivity contribution is -0.134. The molecule has 4 nitrogen and oxygen atoms in total. The number of rotatable bonds is 7. The van der Waals surface area contributed by atoms with Crippen LogP contribution in [0.5, 0.6) is 0 Å². The summed E-state index contributed by atoms with van der Waals surface area (Å²) < 4.78 is 0. The number of amides is 1. The van der Waals surface area contributed by atoms with Gasteiger partial charge in [0.2, 0.25) is 5.91 Å². The van der Waals surface area contributed by atoms with Crippen LogP contribution in [0.4, 0.5) is 0 Å². The molecule has 17 heavy (non-hydrogen) atoms. The van der Waals surface area contributed by atoms with E-state index in [1.165, 1.54) is 11.8 Å². The maximum Gasteiger partial charge on any atom is 0.313 e. The molecule has 1 amide bonds. The van der Waals surface area contributed by atoms with Crippen LogP contribution in [0.25, 0.3) is 0 Å². The van der Waals surface area contributed by atoms with Crippen LogP contribution in [0, 0.1) is 5.92 Å². The van der Waals surface area contributed by atoms with Gasteiger partial charge in [-0.1, -0.05) is 13.8 Å². The summed E-state index contributed by atoms with van der Waals surface area (Å²) in [6.07, 6.45) is 2.18. The summed E-state index contributed by atoms with van der Waals surface area (Å²) in [7, 11) is 0. The normalized spacial score (nSPS) is 16.9. The topological polar surface area (TPSA) is 57.6 Å². The molecule has 0 radical (unpaired) electrons. The molecule has 1 saturated carbocycles. The molecule has 1 unspecified atom stereocenters. The van der Waals surface area contributed by atoms with Gasteiger partial charge in [0.25, 0.3) is 0 Å². The Morgan fingerprint density at radius 1 is 1.29 bits per heavy atom. The number of hydrogen-bond acceptors (Lipinski definition) is 3. The third-order valence-electron chi connectivity index (χ3n) is 3.08. The second-order valence-corrected chi connectivity index (χ2v) is 5.89. The predicted octanol–water partition coefficient (Wildman–Crippen LogP) is 1.84. The minimum atomic E-state index is -0.863. The second-order valence-electron chi connectivity index (χ2n) is 4.90. The van der Waals surface area contributed by atoms with Gasteiger partial charge in [-0.15, -0.1) is 11.8 Å². The van der Waals surface area contributed by atoms with E-state index in [1.807, 2.05) is 4.90 Å². The van der Waals surface area contributed by atoms with Gasteiger partial charge in [0, 0.05) is 12.1 Å². The van der Waals surface area contributed by atoms with Gasteiger partial charge in [0.15, 0.2) is 0 Å². The molecule has 0 aromatic carbocycles. The second kappa shape index (κ2) is 6.28. The molecule has 1 N–H and O–H groups in total. The molecule has 0 heterocycles. The summed E-state index contributed by atoms with van der Waals surface area (Å²) in [4.78, 5) is 24.4. The van der Waals surface area contributed by atoms with E-state index in [1.54, 1.807) is 0 Å². The summed E-state index contributed by atoms with van der Waals surface area (Å²) in [6, 6.07) is 0.630. The molecular weight excluding hydrogens is 238 g/mol. The van der Waals surface area contributed by atoms with Gasteiger partial charge >= 0.3 is 5.97 Å². The van der Waals surface area contributed by atoms with E-state index in [9.17, 15) is 9.59 Å². The third kappa shape index (κ3) is 4.58. The maximum atomic E-state index is 12.1. The Labute approximate surface area is 107 Å². The van der Waals surface area contributed by atoms with Crippen LogP contribution in [0.1, 0.15) is 33.6 Å². The zero-order chi connectivity index (χ0) is 13.0. The van der Waals surface area contributed by atoms with E-state index in [-0.39, 0.29) is 23.5 Å². The highest BCUT2D eigenvalue weighted by molar-refractivity contribution is 8.00. The number of nitrogens with zero attached hydrogens (tertiary/aromatic N) is 1. The van der Waals surface area contributed by atoms with Crippen molar-refractivity contribution in [3.63, 3.8) is 0 Å². The van der Waals surface area contributed by atoms with Crippen molar-refractivity contribution in [2.24, 2.45) is 5.92 Å². The SMILES string of the molecule is CC(C)C(C)N(C(=O)CSCC(=O)O)C1CC1. The van der Waals surface area contributed by atoms with Crippen LogP contribution < -0.4 is 0 Å². The first-order valence-corrected chi connectivity index (χ1v) is 7.19. The van der Waals surface area contributed by atoms with Crippen LogP contribution in [0.3, 0.4) is 0 Å². The fourth-order valence-corrected chi connectivity index (χ4v) is 2.34. The smallest absolute Gasteiger partial charge is 0.313 e. The molecule has 0 bridgehead atoms. The van der Waals surface area contributed by atoms with Gasteiger partial charge in [-0.25, -0.2) is 0 Å². The Bertz CT molecular complexity index is 289. The van der Waals surface area contributed by atoms with E-state index < -0.39 is 5.97 Å². The van der Waals surface area contributed by atoms with Crippen molar-refractivity contribution < 1.29 is 14.7 Å². The number of hydrogen-bond donors (Lipinski definition) is 1. The van der Waals surface area contributed by atoms with E-state index in [0.717, 1.165) is 12.8 Å². The first kappa shape index (κ1) is 14.4. The Balaban J connectivity index is 2.46. The van der Waals surface area contributed by atoms with Crippen molar-refractivity contribution in [1.82, 2.24) is 4.90 Å². The molecule has 98 valence electrons. The van der Waals surface area contributed by atoms with Crippen LogP contribution in [0.15, 0.2) is 0 Å². The fraction of sp³-hybridized carbons (Fsp3) is 0.833. The van der Waals surface area contributed by atoms with E-state index >= 15 is 0 Å². The van der Waals surface area contributed by atoms with E-state index in [2.05, 4.69) is 20.8 Å². The third-order valence-corrected chi connectivity index (χ3v) is 3.99. The largest absolute Gasteiger partial charge is 0.481 e. The van der Waals surface area contributed by atoms with Crippen molar-refractivity contribution >= 4 is 23.6 Å². The zero-order valence-corrected chi connectivity index (χ0v) is 11.5. The number of carbonyl (C=O) groups is 2. The Morgan fingerprint density at radius 3 is 2.29 bits per heavy atom. The average molecular weight is 259 g/mol. The Kier molecular flexibility index (Phi) is 5.31. The van der Waals surface area contributed by atoms with Gasteiger partial charge in [-0.05, 0) is 25.7 Å². The van der Waals surface area contributed by atoms with Crippen LogP contribution in [-0.4, -0.2) is 45.5 Å². The fourth-order valence-electron chi connectivity index (χ4n) is 1.74. The van der Waals surface area contributed by atoms with Crippen LogP contribution in [-0.2, 0) is 9.59 Å². The van der Waals surface area contributed by atoms with Gasteiger partial charge in [-0.3, -0.25) is 9.59 Å². The summed E-state index contributed by atoms with van der Waals surface area (Å²) in [5.74, 6) is -0.0677. The first-order chi connectivity index (χ1) is 7.93. The van der Waals surface area contributed by atoms with E-state index in [0.29, 0.717) is 12.0 Å². The molecule has 0 aliphatic heterocycles. The molecule has 0 aromatic rings. The zero-order valence-electron chi connectivity index (χ0n) is 10.7. The molecular formula is C12H21NO3S. The average Bonchev–Trinajstić information content (AvgIpc) is 3.01. The van der Waals surface area contributed by atoms with E-state index in [4.69, 9.17) is 5.11 Å². The summed E-state index contributed by atoms with van der Waals surface area (Å²) in [5.41, 5.74) is 0. The number of carboxylic acids is 1. The molecule has 1 fully saturated rings. The van der Waals surface area contributed by atoms with Gasteiger partial charge in [0.1, 0.15) is 0 Å². The molecule has 0 spiro atoms. The minimum Gasteiger partial charge on any atom is -0.481 e. The number of carbonyl (C=O) groups excluding carboxylic acids is 1. The molecule has 1 rings (SSSR count). The molecule has 5 heteroatoms. The molecule has 1 atom stereocenters. The molecule has 0 aromatic heterocycles.